The Kier molecular flexibility index (Phi) is 6.28. The van der Waals surface area contributed by atoms with Gasteiger partial charge in [0.1, 0.15) is 11.5 Å². The second kappa shape index (κ2) is 8.63. The first-order valence-corrected chi connectivity index (χ1v) is 7.45. The molecule has 0 unspecified atom stereocenters. The third kappa shape index (κ3) is 4.67. The van der Waals surface area contributed by atoms with Gasteiger partial charge in [-0.25, -0.2) is 4.79 Å². The minimum atomic E-state index is -0.512. The van der Waals surface area contributed by atoms with E-state index in [4.69, 9.17) is 23.7 Å². The van der Waals surface area contributed by atoms with E-state index in [0.717, 1.165) is 0 Å². The van der Waals surface area contributed by atoms with E-state index < -0.39 is 5.97 Å². The molecule has 2 aromatic rings. The van der Waals surface area contributed by atoms with Crippen LogP contribution in [0.3, 0.4) is 0 Å². The first kappa shape index (κ1) is 18.2. The van der Waals surface area contributed by atoms with E-state index in [1.807, 2.05) is 0 Å². The predicted octanol–water partition coefficient (Wildman–Crippen LogP) is 3.34. The summed E-state index contributed by atoms with van der Waals surface area (Å²) in [5.41, 5.74) is 0.706. The molecule has 0 saturated heterocycles. The van der Waals surface area contributed by atoms with Crippen LogP contribution < -0.4 is 23.7 Å². The molecule has 0 aromatic heterocycles. The van der Waals surface area contributed by atoms with Crippen LogP contribution in [0.5, 0.6) is 28.7 Å². The van der Waals surface area contributed by atoms with Gasteiger partial charge in [0.15, 0.2) is 11.5 Å². The minimum absolute atomic E-state index is 0.402. The van der Waals surface area contributed by atoms with Gasteiger partial charge in [-0.3, -0.25) is 0 Å². The molecule has 0 aliphatic heterocycles. The fourth-order valence-corrected chi connectivity index (χ4v) is 2.18. The lowest BCUT2D eigenvalue weighted by Crippen LogP contribution is -2.03. The van der Waals surface area contributed by atoms with Gasteiger partial charge < -0.3 is 23.7 Å². The monoisotopic (exact) mass is 344 g/mol. The Morgan fingerprint density at radius 2 is 1.48 bits per heavy atom. The number of rotatable bonds is 7. The zero-order valence-electron chi connectivity index (χ0n) is 14.6. The van der Waals surface area contributed by atoms with E-state index in [9.17, 15) is 4.79 Å². The first-order chi connectivity index (χ1) is 12.1. The van der Waals surface area contributed by atoms with Gasteiger partial charge in [0.05, 0.1) is 28.4 Å². The maximum atomic E-state index is 12.0. The Bertz CT molecular complexity index is 741. The molecule has 0 amide bonds. The highest BCUT2D eigenvalue weighted by Gasteiger charge is 2.12. The maximum absolute atomic E-state index is 12.0. The molecule has 0 aliphatic rings. The van der Waals surface area contributed by atoms with Gasteiger partial charge in [0.2, 0.25) is 5.75 Å². The van der Waals surface area contributed by atoms with Crippen LogP contribution in [-0.4, -0.2) is 34.4 Å². The molecule has 6 nitrogen and oxygen atoms in total. The Balaban J connectivity index is 2.16. The van der Waals surface area contributed by atoms with Crippen LogP contribution in [0, 0.1) is 0 Å². The summed E-state index contributed by atoms with van der Waals surface area (Å²) in [6, 6.07) is 10.3. The topological polar surface area (TPSA) is 63.2 Å². The number of hydrogen-bond donors (Lipinski definition) is 0. The molecule has 6 heteroatoms. The number of carbonyl (C=O) groups excluding carboxylic acids is 1. The molecule has 0 N–H and O–H groups in total. The van der Waals surface area contributed by atoms with Crippen molar-refractivity contribution in [3.63, 3.8) is 0 Å². The van der Waals surface area contributed by atoms with Crippen molar-refractivity contribution in [2.24, 2.45) is 0 Å². The highest BCUT2D eigenvalue weighted by molar-refractivity contribution is 5.89. The molecule has 0 heterocycles. The molecule has 0 radical (unpaired) electrons. The second-order valence-electron chi connectivity index (χ2n) is 4.89. The van der Waals surface area contributed by atoms with E-state index in [-0.39, 0.29) is 0 Å². The summed E-state index contributed by atoms with van der Waals surface area (Å²) in [5.74, 6) is 1.99. The minimum Gasteiger partial charge on any atom is -0.497 e. The molecule has 0 atom stereocenters. The number of methoxy groups -OCH3 is 4. The van der Waals surface area contributed by atoms with Crippen molar-refractivity contribution in [3.05, 3.63) is 48.0 Å². The van der Waals surface area contributed by atoms with Crippen LogP contribution in [0.25, 0.3) is 6.08 Å². The van der Waals surface area contributed by atoms with Gasteiger partial charge in [-0.05, 0) is 35.9 Å². The maximum Gasteiger partial charge on any atom is 0.336 e. The molecule has 2 rings (SSSR count). The predicted molar refractivity (Wildman–Crippen MR) is 93.8 cm³/mol. The number of hydrogen-bond acceptors (Lipinski definition) is 6. The fourth-order valence-electron chi connectivity index (χ4n) is 2.18. The second-order valence-corrected chi connectivity index (χ2v) is 4.89. The van der Waals surface area contributed by atoms with Gasteiger partial charge in [0.25, 0.3) is 0 Å². The van der Waals surface area contributed by atoms with Crippen molar-refractivity contribution < 1.29 is 28.5 Å². The first-order valence-electron chi connectivity index (χ1n) is 7.45. The van der Waals surface area contributed by atoms with Crippen molar-refractivity contribution >= 4 is 12.0 Å². The van der Waals surface area contributed by atoms with Crippen LogP contribution in [0.15, 0.2) is 42.5 Å². The molecular formula is C19H20O6. The molecule has 0 bridgehead atoms. The molecular weight excluding hydrogens is 324 g/mol. The average Bonchev–Trinajstić information content (AvgIpc) is 2.65. The molecule has 132 valence electrons. The zero-order valence-corrected chi connectivity index (χ0v) is 14.6. The van der Waals surface area contributed by atoms with Gasteiger partial charge in [-0.15, -0.1) is 0 Å². The van der Waals surface area contributed by atoms with Crippen molar-refractivity contribution in [3.8, 4) is 28.7 Å². The molecule has 0 saturated carbocycles. The third-order valence-electron chi connectivity index (χ3n) is 3.36. The van der Waals surface area contributed by atoms with Crippen molar-refractivity contribution in [2.75, 3.05) is 28.4 Å². The summed E-state index contributed by atoms with van der Waals surface area (Å²) in [6.45, 7) is 0. The summed E-state index contributed by atoms with van der Waals surface area (Å²) in [5, 5.41) is 0. The number of benzene rings is 2. The number of ether oxygens (including phenoxy) is 5. The largest absolute Gasteiger partial charge is 0.497 e. The Morgan fingerprint density at radius 3 is 2.04 bits per heavy atom. The van der Waals surface area contributed by atoms with Gasteiger partial charge in [0, 0.05) is 12.1 Å². The summed E-state index contributed by atoms with van der Waals surface area (Å²) in [7, 11) is 6.14. The highest BCUT2D eigenvalue weighted by Crippen LogP contribution is 2.38. The summed E-state index contributed by atoms with van der Waals surface area (Å²) in [4.78, 5) is 12.0. The fraction of sp³-hybridized carbons (Fsp3) is 0.211. The summed E-state index contributed by atoms with van der Waals surface area (Å²) in [6.07, 6.45) is 2.92. The van der Waals surface area contributed by atoms with Crippen molar-refractivity contribution in [2.45, 2.75) is 0 Å². The van der Waals surface area contributed by atoms with Crippen molar-refractivity contribution in [1.82, 2.24) is 0 Å². The highest BCUT2D eigenvalue weighted by atomic mass is 16.5. The van der Waals surface area contributed by atoms with E-state index in [1.165, 1.54) is 27.4 Å². The van der Waals surface area contributed by atoms with E-state index in [1.54, 1.807) is 49.6 Å². The quantitative estimate of drug-likeness (QED) is 0.436. The summed E-state index contributed by atoms with van der Waals surface area (Å²) >= 11 is 0. The molecule has 0 spiro atoms. The molecule has 0 fully saturated rings. The number of carbonyl (C=O) groups is 1. The molecule has 2 aromatic carbocycles. The average molecular weight is 344 g/mol. The van der Waals surface area contributed by atoms with E-state index in [0.29, 0.717) is 34.3 Å². The Hall–Kier alpha value is -3.15. The number of esters is 1. The lowest BCUT2D eigenvalue weighted by atomic mass is 10.1. The molecule has 25 heavy (non-hydrogen) atoms. The lowest BCUT2D eigenvalue weighted by Gasteiger charge is -2.12. The van der Waals surface area contributed by atoms with Crippen LogP contribution in [0.1, 0.15) is 5.56 Å². The standard InChI is InChI=1S/C19H20O6/c1-21-14-6-5-7-15(12-14)25-18(20)9-8-13-10-16(22-2)19(24-4)17(11-13)23-3/h5-12H,1-4H3. The van der Waals surface area contributed by atoms with Gasteiger partial charge in [-0.2, -0.15) is 0 Å². The normalized spacial score (nSPS) is 10.4. The SMILES string of the molecule is COc1cccc(OC(=O)C=Cc2cc(OC)c(OC)c(OC)c2)c1. The lowest BCUT2D eigenvalue weighted by molar-refractivity contribution is -0.128. The van der Waals surface area contributed by atoms with E-state index in [2.05, 4.69) is 0 Å². The van der Waals surface area contributed by atoms with E-state index >= 15 is 0 Å². The van der Waals surface area contributed by atoms with Crippen LogP contribution in [0.4, 0.5) is 0 Å². The van der Waals surface area contributed by atoms with Crippen LogP contribution in [0.2, 0.25) is 0 Å². The van der Waals surface area contributed by atoms with Crippen molar-refractivity contribution in [1.29, 1.82) is 0 Å². The third-order valence-corrected chi connectivity index (χ3v) is 3.36. The Morgan fingerprint density at radius 1 is 0.840 bits per heavy atom. The van der Waals surface area contributed by atoms with Crippen LogP contribution >= 0.6 is 0 Å². The van der Waals surface area contributed by atoms with Gasteiger partial charge in [-0.1, -0.05) is 6.07 Å². The summed E-state index contributed by atoms with van der Waals surface area (Å²) < 4.78 is 26.2. The Labute approximate surface area is 146 Å². The zero-order chi connectivity index (χ0) is 18.2. The smallest absolute Gasteiger partial charge is 0.336 e. The molecule has 0 aliphatic carbocycles. The van der Waals surface area contributed by atoms with Crippen LogP contribution in [-0.2, 0) is 4.79 Å². The van der Waals surface area contributed by atoms with Gasteiger partial charge >= 0.3 is 5.97 Å².